The number of thiophene rings is 1. The third-order valence-corrected chi connectivity index (χ3v) is 6.96. The Kier molecular flexibility index (Phi) is 7.33. The lowest BCUT2D eigenvalue weighted by Gasteiger charge is -2.45. The number of rotatable bonds is 5. The SMILES string of the molecule is Cl.NC1CC2CCCC(C1)C2NC(=O)c1ccc(CNC(=O)c2cccs2)cc1. The van der Waals surface area contributed by atoms with Crippen molar-refractivity contribution in [3.05, 3.63) is 57.8 Å². The van der Waals surface area contributed by atoms with Crippen LogP contribution < -0.4 is 16.4 Å². The third-order valence-electron chi connectivity index (χ3n) is 6.09. The zero-order valence-corrected chi connectivity index (χ0v) is 17.9. The van der Waals surface area contributed by atoms with Crippen molar-refractivity contribution in [2.24, 2.45) is 17.6 Å². The van der Waals surface area contributed by atoms with Crippen molar-refractivity contribution in [1.29, 1.82) is 0 Å². The number of carbonyl (C=O) groups excluding carboxylic acids is 2. The molecule has 2 bridgehead atoms. The molecule has 2 aliphatic carbocycles. The van der Waals surface area contributed by atoms with Gasteiger partial charge in [-0.05, 0) is 66.7 Å². The van der Waals surface area contributed by atoms with E-state index in [0.29, 0.717) is 28.8 Å². The summed E-state index contributed by atoms with van der Waals surface area (Å²) in [6.45, 7) is 0.448. The van der Waals surface area contributed by atoms with Gasteiger partial charge in [0.1, 0.15) is 0 Å². The molecule has 2 fully saturated rings. The van der Waals surface area contributed by atoms with Gasteiger partial charge in [0.2, 0.25) is 0 Å². The molecule has 156 valence electrons. The lowest BCUT2D eigenvalue weighted by atomic mass is 9.67. The number of benzene rings is 1. The van der Waals surface area contributed by atoms with E-state index < -0.39 is 0 Å². The Hall–Kier alpha value is -1.89. The number of amides is 2. The summed E-state index contributed by atoms with van der Waals surface area (Å²) in [6.07, 6.45) is 5.62. The molecule has 7 heteroatoms. The van der Waals surface area contributed by atoms with Gasteiger partial charge in [-0.3, -0.25) is 9.59 Å². The summed E-state index contributed by atoms with van der Waals surface area (Å²) >= 11 is 1.42. The van der Waals surface area contributed by atoms with Gasteiger partial charge >= 0.3 is 0 Å². The van der Waals surface area contributed by atoms with Gasteiger partial charge in [0.15, 0.2) is 0 Å². The predicted octanol–water partition coefficient (Wildman–Crippen LogP) is 3.74. The molecule has 2 unspecified atom stereocenters. The summed E-state index contributed by atoms with van der Waals surface area (Å²) in [5.74, 6) is 0.946. The molecule has 29 heavy (non-hydrogen) atoms. The number of fused-ring (bicyclic) bond motifs is 2. The average Bonchev–Trinajstić information content (AvgIpc) is 3.22. The highest BCUT2D eigenvalue weighted by Crippen LogP contribution is 2.39. The molecule has 1 aromatic carbocycles. The van der Waals surface area contributed by atoms with Crippen LogP contribution in [0.25, 0.3) is 0 Å². The van der Waals surface area contributed by atoms with Crippen LogP contribution in [0.4, 0.5) is 0 Å². The van der Waals surface area contributed by atoms with Crippen molar-refractivity contribution in [2.75, 3.05) is 0 Å². The van der Waals surface area contributed by atoms with E-state index in [1.54, 1.807) is 6.07 Å². The Morgan fingerprint density at radius 2 is 1.72 bits per heavy atom. The molecule has 4 N–H and O–H groups in total. The van der Waals surface area contributed by atoms with Gasteiger partial charge in [-0.1, -0.05) is 24.6 Å². The Bertz CT molecular complexity index is 811. The molecular weight excluding hydrogens is 406 g/mol. The summed E-state index contributed by atoms with van der Waals surface area (Å²) in [6, 6.07) is 11.7. The Morgan fingerprint density at radius 3 is 2.34 bits per heavy atom. The minimum atomic E-state index is -0.0705. The Labute approximate surface area is 181 Å². The number of halogens is 1. The largest absolute Gasteiger partial charge is 0.349 e. The van der Waals surface area contributed by atoms with Gasteiger partial charge in [0.25, 0.3) is 11.8 Å². The second-order valence-corrected chi connectivity index (χ2v) is 8.99. The molecule has 0 radical (unpaired) electrons. The minimum absolute atomic E-state index is 0. The standard InChI is InChI=1S/C22H27N3O2S.ClH/c23-18-11-16-3-1-4-17(12-18)20(16)25-21(26)15-8-6-14(7-9-15)13-24-22(27)19-5-2-10-28-19;/h2,5-10,16-18,20H,1,3-4,11-13,23H2,(H,24,27)(H,25,26);1H. The fourth-order valence-electron chi connectivity index (χ4n) is 4.71. The monoisotopic (exact) mass is 433 g/mol. The van der Waals surface area contributed by atoms with Crippen LogP contribution in [0, 0.1) is 11.8 Å². The lowest BCUT2D eigenvalue weighted by Crippen LogP contribution is -2.53. The normalized spacial score (nSPS) is 25.6. The van der Waals surface area contributed by atoms with Crippen molar-refractivity contribution in [2.45, 2.75) is 50.7 Å². The highest BCUT2D eigenvalue weighted by Gasteiger charge is 2.39. The van der Waals surface area contributed by atoms with Crippen molar-refractivity contribution in [1.82, 2.24) is 10.6 Å². The van der Waals surface area contributed by atoms with Crippen LogP contribution >= 0.6 is 23.7 Å². The Balaban J connectivity index is 0.00000240. The number of hydrogen-bond donors (Lipinski definition) is 3. The van der Waals surface area contributed by atoms with E-state index in [1.807, 2.05) is 35.7 Å². The molecule has 5 nitrogen and oxygen atoms in total. The van der Waals surface area contributed by atoms with Crippen LogP contribution in [0.2, 0.25) is 0 Å². The zero-order chi connectivity index (χ0) is 19.5. The van der Waals surface area contributed by atoms with Crippen molar-refractivity contribution in [3.63, 3.8) is 0 Å². The second-order valence-electron chi connectivity index (χ2n) is 8.04. The molecule has 0 spiro atoms. The van der Waals surface area contributed by atoms with Crippen LogP contribution in [-0.4, -0.2) is 23.9 Å². The molecule has 2 aromatic rings. The minimum Gasteiger partial charge on any atom is -0.349 e. The zero-order valence-electron chi connectivity index (χ0n) is 16.3. The summed E-state index contributed by atoms with van der Waals surface area (Å²) in [5.41, 5.74) is 7.83. The van der Waals surface area contributed by atoms with E-state index >= 15 is 0 Å². The highest BCUT2D eigenvalue weighted by molar-refractivity contribution is 7.12. The number of carbonyl (C=O) groups is 2. The molecule has 2 saturated carbocycles. The fraction of sp³-hybridized carbons (Fsp3) is 0.455. The predicted molar refractivity (Wildman–Crippen MR) is 118 cm³/mol. The van der Waals surface area contributed by atoms with Crippen LogP contribution in [0.15, 0.2) is 41.8 Å². The molecule has 1 heterocycles. The van der Waals surface area contributed by atoms with E-state index in [2.05, 4.69) is 10.6 Å². The number of nitrogens with two attached hydrogens (primary N) is 1. The average molecular weight is 434 g/mol. The molecular formula is C22H28ClN3O2S. The van der Waals surface area contributed by atoms with Crippen LogP contribution in [-0.2, 0) is 6.54 Å². The Morgan fingerprint density at radius 1 is 1.03 bits per heavy atom. The van der Waals surface area contributed by atoms with E-state index in [-0.39, 0.29) is 36.3 Å². The van der Waals surface area contributed by atoms with Crippen LogP contribution in [0.5, 0.6) is 0 Å². The maximum Gasteiger partial charge on any atom is 0.261 e. The first kappa shape index (κ1) is 21.8. The maximum absolute atomic E-state index is 12.7. The van der Waals surface area contributed by atoms with E-state index in [0.717, 1.165) is 31.2 Å². The van der Waals surface area contributed by atoms with Gasteiger partial charge in [0.05, 0.1) is 4.88 Å². The molecule has 1 aromatic heterocycles. The first-order valence-electron chi connectivity index (χ1n) is 10.1. The number of hydrogen-bond acceptors (Lipinski definition) is 4. The number of nitrogens with one attached hydrogen (secondary N) is 2. The van der Waals surface area contributed by atoms with Gasteiger partial charge in [0, 0.05) is 24.2 Å². The van der Waals surface area contributed by atoms with Gasteiger partial charge in [-0.15, -0.1) is 23.7 Å². The third kappa shape index (κ3) is 5.18. The smallest absolute Gasteiger partial charge is 0.261 e. The van der Waals surface area contributed by atoms with Crippen molar-refractivity contribution >= 4 is 35.6 Å². The maximum atomic E-state index is 12.7. The summed E-state index contributed by atoms with van der Waals surface area (Å²) in [7, 11) is 0. The highest BCUT2D eigenvalue weighted by atomic mass is 35.5. The molecule has 2 atom stereocenters. The molecule has 0 saturated heterocycles. The van der Waals surface area contributed by atoms with Crippen LogP contribution in [0.1, 0.15) is 57.7 Å². The van der Waals surface area contributed by atoms with Crippen molar-refractivity contribution in [3.8, 4) is 0 Å². The van der Waals surface area contributed by atoms with Gasteiger partial charge < -0.3 is 16.4 Å². The van der Waals surface area contributed by atoms with Crippen LogP contribution in [0.3, 0.4) is 0 Å². The van der Waals surface area contributed by atoms with E-state index in [1.165, 1.54) is 17.8 Å². The van der Waals surface area contributed by atoms with Gasteiger partial charge in [-0.25, -0.2) is 0 Å². The summed E-state index contributed by atoms with van der Waals surface area (Å²) in [5, 5.41) is 8.07. The molecule has 2 aliphatic rings. The summed E-state index contributed by atoms with van der Waals surface area (Å²) < 4.78 is 0. The van der Waals surface area contributed by atoms with E-state index in [9.17, 15) is 9.59 Å². The first-order valence-corrected chi connectivity index (χ1v) is 10.9. The summed E-state index contributed by atoms with van der Waals surface area (Å²) in [4.78, 5) is 25.5. The lowest BCUT2D eigenvalue weighted by molar-refractivity contribution is 0.0755. The topological polar surface area (TPSA) is 84.2 Å². The van der Waals surface area contributed by atoms with Gasteiger partial charge in [-0.2, -0.15) is 0 Å². The van der Waals surface area contributed by atoms with Crippen molar-refractivity contribution < 1.29 is 9.59 Å². The molecule has 0 aliphatic heterocycles. The molecule has 4 rings (SSSR count). The quantitative estimate of drug-likeness (QED) is 0.671. The fourth-order valence-corrected chi connectivity index (χ4v) is 5.35. The molecule has 2 amide bonds. The second kappa shape index (κ2) is 9.74. The van der Waals surface area contributed by atoms with E-state index in [4.69, 9.17) is 5.73 Å². The first-order chi connectivity index (χ1) is 13.6.